The van der Waals surface area contributed by atoms with Gasteiger partial charge in [0.05, 0.1) is 3.57 Å². The molecule has 1 aliphatic heterocycles. The topological polar surface area (TPSA) is 50.2 Å². The van der Waals surface area contributed by atoms with Gasteiger partial charge in [0.25, 0.3) is 5.91 Å². The number of carbonyl (C=O) groups is 1. The third-order valence-corrected chi connectivity index (χ3v) is 3.84. The van der Waals surface area contributed by atoms with E-state index in [0.29, 0.717) is 5.69 Å². The van der Waals surface area contributed by atoms with Crippen molar-refractivity contribution < 1.29 is 4.79 Å². The van der Waals surface area contributed by atoms with Gasteiger partial charge in [-0.15, -0.1) is 0 Å². The molecule has 6 heteroatoms. The fourth-order valence-electron chi connectivity index (χ4n) is 2.02. The molecule has 1 aromatic rings. The van der Waals surface area contributed by atoms with Crippen LogP contribution in [0.3, 0.4) is 0 Å². The summed E-state index contributed by atoms with van der Waals surface area (Å²) in [4.78, 5) is 14.3. The normalized spacial score (nSPS) is 18.3. The number of nitrogens with one attached hydrogen (secondary N) is 1. The summed E-state index contributed by atoms with van der Waals surface area (Å²) in [5, 5.41) is 7.24. The Morgan fingerprint density at radius 2 is 2.12 bits per heavy atom. The molecule has 0 unspecified atom stereocenters. The number of likely N-dealkylation sites (tertiary alicyclic amines) is 1. The molecule has 2 heterocycles. The fourth-order valence-corrected chi connectivity index (χ4v) is 2.78. The van der Waals surface area contributed by atoms with Crippen LogP contribution in [0, 0.1) is 3.57 Å². The summed E-state index contributed by atoms with van der Waals surface area (Å²) >= 11 is 2.14. The number of halogens is 1. The molecule has 5 nitrogen and oxygen atoms in total. The predicted octanol–water partition coefficient (Wildman–Crippen LogP) is 0.849. The number of aromatic nitrogens is 2. The molecule has 0 bridgehead atoms. The van der Waals surface area contributed by atoms with Crippen molar-refractivity contribution in [3.05, 3.63) is 15.5 Å². The van der Waals surface area contributed by atoms with E-state index in [0.717, 1.165) is 29.5 Å². The van der Waals surface area contributed by atoms with Gasteiger partial charge in [-0.3, -0.25) is 9.48 Å². The average Bonchev–Trinajstić information content (AvgIpc) is 2.61. The number of nitrogens with zero attached hydrogens (tertiary/aromatic N) is 3. The predicted molar refractivity (Wildman–Crippen MR) is 73.9 cm³/mol. The number of rotatable bonds is 2. The van der Waals surface area contributed by atoms with Gasteiger partial charge in [-0.25, -0.2) is 0 Å². The molecule has 2 rings (SSSR count). The van der Waals surface area contributed by atoms with Gasteiger partial charge in [-0.05, 0) is 55.6 Å². The van der Waals surface area contributed by atoms with Gasteiger partial charge in [0.15, 0.2) is 5.69 Å². The zero-order valence-electron chi connectivity index (χ0n) is 10.1. The standard InChI is InChI=1S/C11H17IN4O/c1-15-5-3-8(4-6-15)13-11(17)10-9(12)7-16(2)14-10/h7-8H,3-6H2,1-2H3,(H,13,17). The van der Waals surface area contributed by atoms with E-state index in [-0.39, 0.29) is 11.9 Å². The van der Waals surface area contributed by atoms with E-state index in [9.17, 15) is 4.79 Å². The minimum absolute atomic E-state index is 0.0513. The number of amides is 1. The molecule has 1 N–H and O–H groups in total. The Morgan fingerprint density at radius 3 is 2.65 bits per heavy atom. The van der Waals surface area contributed by atoms with Gasteiger partial charge >= 0.3 is 0 Å². The molecule has 0 aliphatic carbocycles. The van der Waals surface area contributed by atoms with Gasteiger partial charge in [0, 0.05) is 19.3 Å². The fraction of sp³-hybridized carbons (Fsp3) is 0.636. The summed E-state index contributed by atoms with van der Waals surface area (Å²) in [6, 6.07) is 0.288. The molecule has 1 aromatic heterocycles. The Balaban J connectivity index is 1.95. The molecule has 0 atom stereocenters. The first-order valence-corrected chi connectivity index (χ1v) is 6.82. The molecule has 1 saturated heterocycles. The smallest absolute Gasteiger partial charge is 0.273 e. The second-order valence-electron chi connectivity index (χ2n) is 4.55. The quantitative estimate of drug-likeness (QED) is 0.807. The molecule has 0 radical (unpaired) electrons. The summed E-state index contributed by atoms with van der Waals surface area (Å²) < 4.78 is 2.57. The second-order valence-corrected chi connectivity index (χ2v) is 5.71. The SMILES string of the molecule is CN1CCC(NC(=O)c2nn(C)cc2I)CC1. The zero-order chi connectivity index (χ0) is 12.4. The lowest BCUT2D eigenvalue weighted by Gasteiger charge is -2.29. The van der Waals surface area contributed by atoms with E-state index in [1.54, 1.807) is 4.68 Å². The molecule has 0 aromatic carbocycles. The average molecular weight is 348 g/mol. The maximum Gasteiger partial charge on any atom is 0.273 e. The van der Waals surface area contributed by atoms with E-state index in [1.165, 1.54) is 0 Å². The molecule has 1 fully saturated rings. The highest BCUT2D eigenvalue weighted by atomic mass is 127. The molecular formula is C11H17IN4O. The van der Waals surface area contributed by atoms with Crippen molar-refractivity contribution in [2.75, 3.05) is 20.1 Å². The van der Waals surface area contributed by atoms with E-state index >= 15 is 0 Å². The Morgan fingerprint density at radius 1 is 1.47 bits per heavy atom. The summed E-state index contributed by atoms with van der Waals surface area (Å²) in [7, 11) is 3.94. The van der Waals surface area contributed by atoms with Crippen molar-refractivity contribution in [1.29, 1.82) is 0 Å². The zero-order valence-corrected chi connectivity index (χ0v) is 12.3. The van der Waals surface area contributed by atoms with Crippen LogP contribution in [0.15, 0.2) is 6.20 Å². The van der Waals surface area contributed by atoms with Gasteiger partial charge in [0.1, 0.15) is 0 Å². The van der Waals surface area contributed by atoms with Crippen LogP contribution in [-0.2, 0) is 7.05 Å². The van der Waals surface area contributed by atoms with Crippen LogP contribution in [0.25, 0.3) is 0 Å². The summed E-state index contributed by atoms with van der Waals surface area (Å²) in [6.07, 6.45) is 3.89. The highest BCUT2D eigenvalue weighted by molar-refractivity contribution is 14.1. The Kier molecular flexibility index (Phi) is 4.03. The monoisotopic (exact) mass is 348 g/mol. The van der Waals surface area contributed by atoms with E-state index in [1.807, 2.05) is 13.2 Å². The molecule has 0 spiro atoms. The molecule has 1 amide bonds. The van der Waals surface area contributed by atoms with E-state index < -0.39 is 0 Å². The number of carbonyl (C=O) groups excluding carboxylic acids is 1. The highest BCUT2D eigenvalue weighted by Crippen LogP contribution is 2.12. The van der Waals surface area contributed by atoms with Crippen LogP contribution in [0.2, 0.25) is 0 Å². The van der Waals surface area contributed by atoms with Gasteiger partial charge in [-0.1, -0.05) is 0 Å². The molecule has 94 valence electrons. The van der Waals surface area contributed by atoms with E-state index in [4.69, 9.17) is 0 Å². The Bertz CT molecular complexity index is 410. The van der Waals surface area contributed by atoms with Crippen molar-refractivity contribution >= 4 is 28.5 Å². The number of aryl methyl sites for hydroxylation is 1. The van der Waals surface area contributed by atoms with E-state index in [2.05, 4.69) is 45.0 Å². The first kappa shape index (κ1) is 12.8. The first-order valence-electron chi connectivity index (χ1n) is 5.75. The van der Waals surface area contributed by atoms with Gasteiger partial charge < -0.3 is 10.2 Å². The van der Waals surface area contributed by atoms with Crippen LogP contribution >= 0.6 is 22.6 Å². The minimum atomic E-state index is -0.0513. The molecular weight excluding hydrogens is 331 g/mol. The third kappa shape index (κ3) is 3.19. The summed E-state index contributed by atoms with van der Waals surface area (Å²) in [5.41, 5.74) is 0.534. The maximum absolute atomic E-state index is 12.0. The summed E-state index contributed by atoms with van der Waals surface area (Å²) in [5.74, 6) is -0.0513. The Labute approximate surface area is 115 Å². The number of hydrogen-bond donors (Lipinski definition) is 1. The number of hydrogen-bond acceptors (Lipinski definition) is 3. The van der Waals surface area contributed by atoms with Crippen molar-refractivity contribution in [2.24, 2.45) is 7.05 Å². The van der Waals surface area contributed by atoms with Crippen molar-refractivity contribution in [2.45, 2.75) is 18.9 Å². The van der Waals surface area contributed by atoms with Crippen LogP contribution in [0.4, 0.5) is 0 Å². The summed E-state index contributed by atoms with van der Waals surface area (Å²) in [6.45, 7) is 2.09. The largest absolute Gasteiger partial charge is 0.348 e. The van der Waals surface area contributed by atoms with Crippen molar-refractivity contribution in [3.63, 3.8) is 0 Å². The highest BCUT2D eigenvalue weighted by Gasteiger charge is 2.21. The Hall–Kier alpha value is -0.630. The van der Waals surface area contributed by atoms with Gasteiger partial charge in [-0.2, -0.15) is 5.10 Å². The third-order valence-electron chi connectivity index (χ3n) is 3.05. The molecule has 17 heavy (non-hydrogen) atoms. The van der Waals surface area contributed by atoms with Gasteiger partial charge in [0.2, 0.25) is 0 Å². The van der Waals surface area contributed by atoms with Crippen LogP contribution in [0.5, 0.6) is 0 Å². The minimum Gasteiger partial charge on any atom is -0.348 e. The first-order chi connectivity index (χ1) is 8.06. The lowest BCUT2D eigenvalue weighted by Crippen LogP contribution is -2.43. The lowest BCUT2D eigenvalue weighted by molar-refractivity contribution is 0.0910. The number of piperidine rings is 1. The van der Waals surface area contributed by atoms with Crippen molar-refractivity contribution in [3.8, 4) is 0 Å². The molecule has 1 aliphatic rings. The molecule has 0 saturated carbocycles. The van der Waals surface area contributed by atoms with Crippen LogP contribution < -0.4 is 5.32 Å². The lowest BCUT2D eigenvalue weighted by atomic mass is 10.1. The van der Waals surface area contributed by atoms with Crippen molar-refractivity contribution in [1.82, 2.24) is 20.0 Å². The van der Waals surface area contributed by atoms with Crippen LogP contribution in [-0.4, -0.2) is 46.8 Å². The maximum atomic E-state index is 12.0. The second kappa shape index (κ2) is 5.34. The van der Waals surface area contributed by atoms with Crippen LogP contribution in [0.1, 0.15) is 23.3 Å².